The lowest BCUT2D eigenvalue weighted by Gasteiger charge is -2.33. The molecule has 0 atom stereocenters. The lowest BCUT2D eigenvalue weighted by atomic mass is 10.2. The number of piperazine rings is 1. The van der Waals surface area contributed by atoms with E-state index in [9.17, 15) is 4.79 Å². The Labute approximate surface area is 195 Å². The monoisotopic (exact) mass is 461 g/mol. The highest BCUT2D eigenvalue weighted by Gasteiger charge is 2.25. The van der Waals surface area contributed by atoms with Crippen LogP contribution >= 0.6 is 11.3 Å². The summed E-state index contributed by atoms with van der Waals surface area (Å²) >= 11 is 1.64. The smallest absolute Gasteiger partial charge is 0.276 e. The lowest BCUT2D eigenvalue weighted by Crippen LogP contribution is -2.48. The number of carbonyl (C=O) groups is 1. The summed E-state index contributed by atoms with van der Waals surface area (Å²) in [4.78, 5) is 25.8. The molecule has 0 saturated carbocycles. The van der Waals surface area contributed by atoms with Gasteiger partial charge in [-0.05, 0) is 36.4 Å². The molecule has 4 heterocycles. The van der Waals surface area contributed by atoms with Crippen molar-refractivity contribution in [2.45, 2.75) is 6.54 Å². The number of methoxy groups -OCH3 is 1. The first kappa shape index (κ1) is 21.3. The summed E-state index contributed by atoms with van der Waals surface area (Å²) in [6, 6.07) is 13.3. The van der Waals surface area contributed by atoms with Crippen molar-refractivity contribution in [3.8, 4) is 27.6 Å². The fraction of sp³-hybridized carbons (Fsp3) is 0.250. The Morgan fingerprint density at radius 3 is 2.55 bits per heavy atom. The zero-order valence-corrected chi connectivity index (χ0v) is 19.0. The summed E-state index contributed by atoms with van der Waals surface area (Å²) in [5.41, 5.74) is 3.31. The van der Waals surface area contributed by atoms with Gasteiger partial charge >= 0.3 is 0 Å². The standard InChI is InChI=1S/C24H23N5O3S/c1-31-20-4-2-18(3-5-20)23-26-19(16-33-23)15-28-10-12-29(13-11-28)24(30)21-14-22(32-27-21)17-6-8-25-9-7-17/h2-9,14,16H,10-13,15H2,1H3. The number of carbonyl (C=O) groups excluding carboxylic acids is 1. The van der Waals surface area contributed by atoms with Crippen LogP contribution < -0.4 is 4.74 Å². The third kappa shape index (κ3) is 4.79. The number of pyridine rings is 1. The highest BCUT2D eigenvalue weighted by molar-refractivity contribution is 7.13. The molecule has 4 aromatic rings. The van der Waals surface area contributed by atoms with E-state index in [4.69, 9.17) is 14.2 Å². The molecule has 0 unspecified atom stereocenters. The molecule has 1 amide bonds. The number of benzene rings is 1. The highest BCUT2D eigenvalue weighted by Crippen LogP contribution is 2.26. The summed E-state index contributed by atoms with van der Waals surface area (Å²) in [5.74, 6) is 1.30. The van der Waals surface area contributed by atoms with Crippen molar-refractivity contribution in [1.82, 2.24) is 24.9 Å². The van der Waals surface area contributed by atoms with Gasteiger partial charge in [0.2, 0.25) is 0 Å². The van der Waals surface area contributed by atoms with Gasteiger partial charge in [-0.3, -0.25) is 14.7 Å². The minimum Gasteiger partial charge on any atom is -0.497 e. The number of thiazole rings is 1. The quantitative estimate of drug-likeness (QED) is 0.431. The Hall–Kier alpha value is -3.56. The fourth-order valence-electron chi connectivity index (χ4n) is 3.77. The number of ether oxygens (including phenoxy) is 1. The number of amides is 1. The predicted octanol–water partition coefficient (Wildman–Crippen LogP) is 3.83. The fourth-order valence-corrected chi connectivity index (χ4v) is 4.59. The van der Waals surface area contributed by atoms with Gasteiger partial charge in [0.1, 0.15) is 10.8 Å². The Balaban J connectivity index is 1.16. The van der Waals surface area contributed by atoms with Crippen molar-refractivity contribution in [2.75, 3.05) is 33.3 Å². The van der Waals surface area contributed by atoms with Gasteiger partial charge in [0.15, 0.2) is 11.5 Å². The van der Waals surface area contributed by atoms with Crippen molar-refractivity contribution in [3.05, 3.63) is 71.6 Å². The molecule has 33 heavy (non-hydrogen) atoms. The number of rotatable bonds is 6. The second-order valence-corrected chi connectivity index (χ2v) is 8.61. The van der Waals surface area contributed by atoms with Gasteiger partial charge in [-0.1, -0.05) is 5.16 Å². The maximum absolute atomic E-state index is 12.9. The van der Waals surface area contributed by atoms with E-state index >= 15 is 0 Å². The van der Waals surface area contributed by atoms with Gasteiger partial charge in [-0.2, -0.15) is 0 Å². The normalized spacial score (nSPS) is 14.4. The Morgan fingerprint density at radius 2 is 1.82 bits per heavy atom. The SMILES string of the molecule is COc1ccc(-c2nc(CN3CCN(C(=O)c4cc(-c5ccncc5)on4)CC3)cs2)cc1. The zero-order valence-electron chi connectivity index (χ0n) is 18.2. The molecule has 168 valence electrons. The number of hydrogen-bond acceptors (Lipinski definition) is 8. The molecule has 0 bridgehead atoms. The summed E-state index contributed by atoms with van der Waals surface area (Å²) in [6.45, 7) is 3.63. The van der Waals surface area contributed by atoms with Crippen LogP contribution in [0.15, 0.2) is 64.8 Å². The largest absolute Gasteiger partial charge is 0.497 e. The summed E-state index contributed by atoms with van der Waals surface area (Å²) < 4.78 is 10.6. The minimum atomic E-state index is -0.103. The molecule has 1 aromatic carbocycles. The average molecular weight is 462 g/mol. The van der Waals surface area contributed by atoms with Crippen LogP contribution in [0, 0.1) is 0 Å². The van der Waals surface area contributed by atoms with Crippen molar-refractivity contribution < 1.29 is 14.1 Å². The Kier molecular flexibility index (Phi) is 6.14. The molecular weight excluding hydrogens is 438 g/mol. The number of aromatic nitrogens is 3. The van der Waals surface area contributed by atoms with Crippen molar-refractivity contribution in [2.24, 2.45) is 0 Å². The van der Waals surface area contributed by atoms with E-state index in [-0.39, 0.29) is 5.91 Å². The van der Waals surface area contributed by atoms with E-state index in [0.29, 0.717) is 24.5 Å². The maximum Gasteiger partial charge on any atom is 0.276 e. The van der Waals surface area contributed by atoms with Crippen molar-refractivity contribution >= 4 is 17.2 Å². The van der Waals surface area contributed by atoms with Gasteiger partial charge in [0.05, 0.1) is 12.8 Å². The number of nitrogens with zero attached hydrogens (tertiary/aromatic N) is 5. The van der Waals surface area contributed by atoms with Gasteiger partial charge in [-0.25, -0.2) is 4.98 Å². The second-order valence-electron chi connectivity index (χ2n) is 7.75. The van der Waals surface area contributed by atoms with E-state index < -0.39 is 0 Å². The third-order valence-corrected chi connectivity index (χ3v) is 6.57. The number of hydrogen-bond donors (Lipinski definition) is 0. The molecule has 8 nitrogen and oxygen atoms in total. The maximum atomic E-state index is 12.9. The van der Waals surface area contributed by atoms with E-state index in [1.807, 2.05) is 41.3 Å². The summed E-state index contributed by atoms with van der Waals surface area (Å²) in [6.07, 6.45) is 3.36. The predicted molar refractivity (Wildman–Crippen MR) is 125 cm³/mol. The molecule has 1 fully saturated rings. The van der Waals surface area contributed by atoms with E-state index in [1.165, 1.54) is 0 Å². The first-order valence-electron chi connectivity index (χ1n) is 10.7. The molecule has 1 saturated heterocycles. The first-order chi connectivity index (χ1) is 16.2. The van der Waals surface area contributed by atoms with Crippen LogP contribution in [0.3, 0.4) is 0 Å². The van der Waals surface area contributed by atoms with E-state index in [2.05, 4.69) is 20.4 Å². The molecule has 0 N–H and O–H groups in total. The van der Waals surface area contributed by atoms with Crippen LogP contribution in [0.2, 0.25) is 0 Å². The molecule has 3 aromatic heterocycles. The van der Waals surface area contributed by atoms with Gasteiger partial charge < -0.3 is 14.2 Å². The Bertz CT molecular complexity index is 1210. The van der Waals surface area contributed by atoms with Crippen LogP contribution in [0.25, 0.3) is 21.9 Å². The van der Waals surface area contributed by atoms with Gasteiger partial charge in [0.25, 0.3) is 5.91 Å². The molecule has 5 rings (SSSR count). The first-order valence-corrected chi connectivity index (χ1v) is 11.5. The van der Waals surface area contributed by atoms with Gasteiger partial charge in [0, 0.05) is 67.7 Å². The average Bonchev–Trinajstić information content (AvgIpc) is 3.55. The Morgan fingerprint density at radius 1 is 1.06 bits per heavy atom. The molecule has 1 aliphatic heterocycles. The second kappa shape index (κ2) is 9.51. The van der Waals surface area contributed by atoms with Crippen molar-refractivity contribution in [3.63, 3.8) is 0 Å². The van der Waals surface area contributed by atoms with Gasteiger partial charge in [-0.15, -0.1) is 11.3 Å². The topological polar surface area (TPSA) is 84.6 Å². The van der Waals surface area contributed by atoms with Crippen molar-refractivity contribution in [1.29, 1.82) is 0 Å². The van der Waals surface area contributed by atoms with E-state index in [1.54, 1.807) is 36.9 Å². The van der Waals surface area contributed by atoms with Crippen LogP contribution in [-0.2, 0) is 6.54 Å². The summed E-state index contributed by atoms with van der Waals surface area (Å²) in [5, 5.41) is 7.08. The van der Waals surface area contributed by atoms with E-state index in [0.717, 1.165) is 47.2 Å². The van der Waals surface area contributed by atoms with Crippen LogP contribution in [-0.4, -0.2) is 64.1 Å². The third-order valence-electron chi connectivity index (χ3n) is 5.63. The van der Waals surface area contributed by atoms with Crippen LogP contribution in [0.4, 0.5) is 0 Å². The van der Waals surface area contributed by atoms with Crippen LogP contribution in [0.5, 0.6) is 5.75 Å². The molecule has 0 radical (unpaired) electrons. The van der Waals surface area contributed by atoms with Crippen LogP contribution in [0.1, 0.15) is 16.2 Å². The molecule has 1 aliphatic rings. The molecular formula is C24H23N5O3S. The molecule has 0 spiro atoms. The highest BCUT2D eigenvalue weighted by atomic mass is 32.1. The molecule has 9 heteroatoms. The zero-order chi connectivity index (χ0) is 22.6. The lowest BCUT2D eigenvalue weighted by molar-refractivity contribution is 0.0617. The molecule has 0 aliphatic carbocycles. The summed E-state index contributed by atoms with van der Waals surface area (Å²) in [7, 11) is 1.66. The minimum absolute atomic E-state index is 0.103.